The Kier molecular flexibility index (Phi) is 5.40. The van der Waals surface area contributed by atoms with Gasteiger partial charge in [-0.3, -0.25) is 4.90 Å². The summed E-state index contributed by atoms with van der Waals surface area (Å²) in [6.45, 7) is 7.09. The summed E-state index contributed by atoms with van der Waals surface area (Å²) in [5, 5.41) is 3.50. The van der Waals surface area contributed by atoms with E-state index >= 15 is 0 Å². The van der Waals surface area contributed by atoms with Crippen molar-refractivity contribution in [1.29, 1.82) is 0 Å². The molecule has 3 aromatic rings. The highest BCUT2D eigenvalue weighted by Gasteiger charge is 2.31. The number of nitrogens with one attached hydrogen (secondary N) is 1. The van der Waals surface area contributed by atoms with Gasteiger partial charge in [-0.15, -0.1) is 11.3 Å². The van der Waals surface area contributed by atoms with Crippen molar-refractivity contribution < 1.29 is 4.42 Å². The van der Waals surface area contributed by atoms with Gasteiger partial charge in [0, 0.05) is 28.8 Å². The molecule has 0 aliphatic carbocycles. The molecule has 1 fully saturated rings. The minimum atomic E-state index is 0.648. The number of piperidine rings is 1. The Morgan fingerprint density at radius 2 is 2.03 bits per heavy atom. The van der Waals surface area contributed by atoms with Crippen molar-refractivity contribution in [2.75, 3.05) is 24.7 Å². The Bertz CT molecular complexity index is 945. The van der Waals surface area contributed by atoms with Crippen molar-refractivity contribution in [2.45, 2.75) is 45.3 Å². The van der Waals surface area contributed by atoms with Gasteiger partial charge in [0.25, 0.3) is 0 Å². The average molecular weight is 409 g/mol. The van der Waals surface area contributed by atoms with Crippen molar-refractivity contribution in [3.63, 3.8) is 0 Å². The summed E-state index contributed by atoms with van der Waals surface area (Å²) in [7, 11) is 0. The van der Waals surface area contributed by atoms with Gasteiger partial charge in [0.2, 0.25) is 0 Å². The van der Waals surface area contributed by atoms with Crippen LogP contribution in [-0.4, -0.2) is 35.7 Å². The van der Waals surface area contributed by atoms with Gasteiger partial charge in [-0.05, 0) is 37.6 Å². The first-order valence-electron chi connectivity index (χ1n) is 10.6. The molecule has 1 saturated heterocycles. The van der Waals surface area contributed by atoms with Crippen LogP contribution in [0, 0.1) is 0 Å². The van der Waals surface area contributed by atoms with Crippen LogP contribution in [0.1, 0.15) is 36.3 Å². The van der Waals surface area contributed by atoms with Gasteiger partial charge < -0.3 is 14.6 Å². The molecule has 1 N–H and O–H groups in total. The van der Waals surface area contributed by atoms with Crippen LogP contribution >= 0.6 is 11.3 Å². The number of hydrogen-bond donors (Lipinski definition) is 1. The lowest BCUT2D eigenvalue weighted by Gasteiger charge is -2.42. The maximum Gasteiger partial charge on any atom is 0.194 e. The number of aryl methyl sites for hydroxylation is 1. The maximum absolute atomic E-state index is 5.94. The highest BCUT2D eigenvalue weighted by atomic mass is 32.1. The number of fused-ring (bicyclic) bond motifs is 1. The van der Waals surface area contributed by atoms with E-state index in [9.17, 15) is 0 Å². The van der Waals surface area contributed by atoms with Gasteiger partial charge in [-0.1, -0.05) is 37.3 Å². The normalized spacial score (nSPS) is 18.2. The predicted octanol–water partition coefficient (Wildman–Crippen LogP) is 4.50. The smallest absolute Gasteiger partial charge is 0.194 e. The third kappa shape index (κ3) is 3.97. The molecule has 1 aromatic carbocycles. The molecule has 5 nitrogen and oxygen atoms in total. The topological polar surface area (TPSA) is 44.5 Å². The molecule has 4 heterocycles. The first-order valence-corrected chi connectivity index (χ1v) is 11.4. The zero-order valence-corrected chi connectivity index (χ0v) is 17.8. The summed E-state index contributed by atoms with van der Waals surface area (Å²) in [4.78, 5) is 12.3. The second kappa shape index (κ2) is 8.30. The minimum absolute atomic E-state index is 0.648. The van der Waals surface area contributed by atoms with E-state index in [1.807, 2.05) is 17.5 Å². The molecule has 6 heteroatoms. The van der Waals surface area contributed by atoms with E-state index < -0.39 is 0 Å². The number of rotatable bonds is 5. The quantitative estimate of drug-likeness (QED) is 0.674. The summed E-state index contributed by atoms with van der Waals surface area (Å²) in [5.41, 5.74) is 2.65. The van der Waals surface area contributed by atoms with Crippen molar-refractivity contribution in [3.05, 3.63) is 59.1 Å². The fourth-order valence-corrected chi connectivity index (χ4v) is 5.61. The maximum atomic E-state index is 5.94. The van der Waals surface area contributed by atoms with Gasteiger partial charge in [0.05, 0.1) is 25.1 Å². The van der Waals surface area contributed by atoms with E-state index in [2.05, 4.69) is 63.4 Å². The largest absolute Gasteiger partial charge is 0.444 e. The zero-order chi connectivity index (χ0) is 19.6. The summed E-state index contributed by atoms with van der Waals surface area (Å²) >= 11 is 1.94. The second-order valence-corrected chi connectivity index (χ2v) is 9.06. The second-order valence-electron chi connectivity index (χ2n) is 7.93. The van der Waals surface area contributed by atoms with E-state index in [1.165, 1.54) is 33.8 Å². The summed E-state index contributed by atoms with van der Waals surface area (Å²) in [6.07, 6.45) is 5.18. The Hall–Kier alpha value is -2.15. The Morgan fingerprint density at radius 3 is 2.79 bits per heavy atom. The molecule has 5 rings (SSSR count). The monoisotopic (exact) mass is 408 g/mol. The van der Waals surface area contributed by atoms with E-state index in [-0.39, 0.29) is 0 Å². The number of nitrogens with zero attached hydrogens (tertiary/aromatic N) is 3. The predicted molar refractivity (Wildman–Crippen MR) is 118 cm³/mol. The zero-order valence-electron chi connectivity index (χ0n) is 16.9. The van der Waals surface area contributed by atoms with E-state index in [4.69, 9.17) is 4.42 Å². The highest BCUT2D eigenvalue weighted by molar-refractivity contribution is 7.16. The molecule has 0 saturated carbocycles. The summed E-state index contributed by atoms with van der Waals surface area (Å²) < 4.78 is 5.94. The van der Waals surface area contributed by atoms with Gasteiger partial charge in [-0.2, -0.15) is 0 Å². The number of thiophene rings is 1. The standard InChI is InChI=1S/C23H28N4OS/c1-2-23-25-13-19(28-23)14-27-16-26(18-8-10-24-11-9-18)15-22-20(27)12-21(29-22)17-6-4-3-5-7-17/h3-7,12-13,18,24H,2,8-11,14-16H2,1H3. The van der Waals surface area contributed by atoms with Gasteiger partial charge in [0.1, 0.15) is 5.76 Å². The van der Waals surface area contributed by atoms with Gasteiger partial charge in [-0.25, -0.2) is 4.98 Å². The molecule has 2 aliphatic heterocycles. The van der Waals surface area contributed by atoms with Crippen LogP contribution < -0.4 is 10.2 Å². The molecule has 152 valence electrons. The van der Waals surface area contributed by atoms with Crippen LogP contribution in [0.2, 0.25) is 0 Å². The first-order chi connectivity index (χ1) is 14.3. The first kappa shape index (κ1) is 18.9. The van der Waals surface area contributed by atoms with Gasteiger partial charge >= 0.3 is 0 Å². The van der Waals surface area contributed by atoms with Crippen LogP contribution in [0.4, 0.5) is 5.69 Å². The molecule has 2 aliphatic rings. The number of aromatic nitrogens is 1. The van der Waals surface area contributed by atoms with Crippen molar-refractivity contribution in [2.24, 2.45) is 0 Å². The average Bonchev–Trinajstić information content (AvgIpc) is 3.42. The van der Waals surface area contributed by atoms with Crippen LogP contribution in [0.3, 0.4) is 0 Å². The van der Waals surface area contributed by atoms with Crippen molar-refractivity contribution >= 4 is 17.0 Å². The Balaban J connectivity index is 1.46. The number of benzene rings is 1. The molecule has 2 aromatic heterocycles. The highest BCUT2D eigenvalue weighted by Crippen LogP contribution is 2.41. The lowest BCUT2D eigenvalue weighted by atomic mass is 10.0. The van der Waals surface area contributed by atoms with Crippen LogP contribution in [-0.2, 0) is 19.5 Å². The van der Waals surface area contributed by atoms with Gasteiger partial charge in [0.15, 0.2) is 5.89 Å². The van der Waals surface area contributed by atoms with Crippen molar-refractivity contribution in [3.8, 4) is 10.4 Å². The minimum Gasteiger partial charge on any atom is -0.444 e. The molecule has 0 spiro atoms. The fraction of sp³-hybridized carbons (Fsp3) is 0.435. The molecule has 0 unspecified atom stereocenters. The number of anilines is 1. The van der Waals surface area contributed by atoms with E-state index in [1.54, 1.807) is 0 Å². The van der Waals surface area contributed by atoms with Crippen molar-refractivity contribution in [1.82, 2.24) is 15.2 Å². The lowest BCUT2D eigenvalue weighted by molar-refractivity contribution is 0.146. The van der Waals surface area contributed by atoms with Crippen LogP contribution in [0.25, 0.3) is 10.4 Å². The fourth-order valence-electron chi connectivity index (χ4n) is 4.40. The summed E-state index contributed by atoms with van der Waals surface area (Å²) in [6, 6.07) is 13.7. The third-order valence-corrected chi connectivity index (χ3v) is 7.12. The number of hydrogen-bond acceptors (Lipinski definition) is 6. The van der Waals surface area contributed by atoms with Crippen LogP contribution in [0.15, 0.2) is 47.0 Å². The molecule has 0 radical (unpaired) electrons. The molecular formula is C23H28N4OS. The molecule has 0 atom stereocenters. The van der Waals surface area contributed by atoms with E-state index in [0.717, 1.165) is 50.9 Å². The number of oxazole rings is 1. The Labute approximate surface area is 176 Å². The molecular weight excluding hydrogens is 380 g/mol. The molecule has 29 heavy (non-hydrogen) atoms. The third-order valence-electron chi connectivity index (χ3n) is 5.96. The SMILES string of the molecule is CCc1ncc(CN2CN(C3CCNCC3)Cc3sc(-c4ccccc4)cc32)o1. The lowest BCUT2D eigenvalue weighted by Crippen LogP contribution is -2.49. The molecule has 0 amide bonds. The summed E-state index contributed by atoms with van der Waals surface area (Å²) in [5.74, 6) is 1.77. The molecule has 0 bridgehead atoms. The Morgan fingerprint density at radius 1 is 1.21 bits per heavy atom. The van der Waals surface area contributed by atoms with Crippen LogP contribution in [0.5, 0.6) is 0 Å². The van der Waals surface area contributed by atoms with E-state index in [0.29, 0.717) is 6.04 Å².